The van der Waals surface area contributed by atoms with E-state index in [9.17, 15) is 24.0 Å². The number of carbonyl (C=O) groups excluding carboxylic acids is 5. The van der Waals surface area contributed by atoms with Gasteiger partial charge in [-0.25, -0.2) is 4.98 Å². The average molecular weight is 697 g/mol. The predicted molar refractivity (Wildman–Crippen MR) is 193 cm³/mol. The predicted octanol–water partition coefficient (Wildman–Crippen LogP) is 4.23. The Kier molecular flexibility index (Phi) is 12.3. The quantitative estimate of drug-likeness (QED) is 0.230. The Morgan fingerprint density at radius 2 is 1.62 bits per heavy atom. The van der Waals surface area contributed by atoms with E-state index in [1.165, 1.54) is 11.3 Å². The first-order valence-electron chi connectivity index (χ1n) is 17.0. The summed E-state index contributed by atoms with van der Waals surface area (Å²) >= 11 is 1.47. The van der Waals surface area contributed by atoms with Crippen LogP contribution in [-0.2, 0) is 27.3 Å². The first-order chi connectivity index (χ1) is 24.1. The SMILES string of the molecule is CC(C)C[C@@H]1NC(=O)[C@@H](Cc2ccccc2)NC(=O)c2ccc(cc2)CN(C(=O)c2ccc3ncsc3c2)CCCCNC(=O)[C@@H](C)NC1=O. The van der Waals surface area contributed by atoms with E-state index in [0.717, 1.165) is 21.3 Å². The standard InChI is InChI=1S/C38H44N6O5S/c1-24(2)19-31-36(47)41-25(3)34(45)39-17-7-8-18-44(38(49)29-15-16-30-33(21-29)50-23-40-30)22-27-11-13-28(14-12-27)35(46)42-32(37(48)43-31)20-26-9-5-4-6-10-26/h4-6,9-16,21,23-25,31-32H,7-8,17-20,22H2,1-3H3,(H,39,45)(H,41,47)(H,42,46)(H,43,48)/t25-,31+,32-/m1/s1. The van der Waals surface area contributed by atoms with Crippen LogP contribution in [0.5, 0.6) is 0 Å². The minimum Gasteiger partial charge on any atom is -0.354 e. The molecule has 11 nitrogen and oxygen atoms in total. The molecule has 4 N–H and O–H groups in total. The van der Waals surface area contributed by atoms with Crippen LogP contribution in [0.4, 0.5) is 0 Å². The van der Waals surface area contributed by atoms with E-state index < -0.39 is 35.8 Å². The molecule has 6 rings (SSSR count). The van der Waals surface area contributed by atoms with Gasteiger partial charge in [0, 0.05) is 37.2 Å². The highest BCUT2D eigenvalue weighted by molar-refractivity contribution is 7.16. The molecule has 3 atom stereocenters. The van der Waals surface area contributed by atoms with Gasteiger partial charge in [-0.3, -0.25) is 24.0 Å². The van der Waals surface area contributed by atoms with E-state index in [2.05, 4.69) is 26.3 Å². The fraction of sp³-hybridized carbons (Fsp3) is 0.368. The van der Waals surface area contributed by atoms with Crippen LogP contribution in [0.15, 0.2) is 78.3 Å². The molecule has 0 fully saturated rings. The molecule has 0 saturated carbocycles. The van der Waals surface area contributed by atoms with Gasteiger partial charge in [0.15, 0.2) is 0 Å². The van der Waals surface area contributed by atoms with Crippen molar-refractivity contribution in [1.29, 1.82) is 0 Å². The van der Waals surface area contributed by atoms with Gasteiger partial charge in [0.05, 0.1) is 15.7 Å². The van der Waals surface area contributed by atoms with Crippen LogP contribution in [0.25, 0.3) is 10.2 Å². The Balaban J connectivity index is 1.41. The van der Waals surface area contributed by atoms with Crippen molar-refractivity contribution in [3.63, 3.8) is 0 Å². The number of hydrogen-bond acceptors (Lipinski definition) is 7. The molecule has 2 aliphatic rings. The number of carbonyl (C=O) groups is 5. The van der Waals surface area contributed by atoms with Gasteiger partial charge in [0.2, 0.25) is 17.7 Å². The smallest absolute Gasteiger partial charge is 0.254 e. The first-order valence-corrected chi connectivity index (χ1v) is 17.9. The maximum Gasteiger partial charge on any atom is 0.254 e. The van der Waals surface area contributed by atoms with E-state index in [1.807, 2.05) is 56.3 Å². The van der Waals surface area contributed by atoms with E-state index in [1.54, 1.807) is 47.7 Å². The Bertz CT molecular complexity index is 1810. The molecule has 1 aromatic heterocycles. The van der Waals surface area contributed by atoms with Crippen LogP contribution in [0.1, 0.15) is 71.9 Å². The van der Waals surface area contributed by atoms with E-state index in [-0.39, 0.29) is 24.2 Å². The molecule has 0 aliphatic carbocycles. The van der Waals surface area contributed by atoms with Gasteiger partial charge in [0.25, 0.3) is 11.8 Å². The number of thiazole rings is 1. The summed E-state index contributed by atoms with van der Waals surface area (Å²) in [5.41, 5.74) is 5.17. The summed E-state index contributed by atoms with van der Waals surface area (Å²) in [6.07, 6.45) is 1.78. The lowest BCUT2D eigenvalue weighted by Gasteiger charge is -2.25. The molecule has 0 saturated heterocycles. The Hall–Kier alpha value is -5.10. The largest absolute Gasteiger partial charge is 0.354 e. The van der Waals surface area contributed by atoms with Gasteiger partial charge in [0.1, 0.15) is 18.1 Å². The molecule has 4 aromatic rings. The summed E-state index contributed by atoms with van der Waals surface area (Å²) in [5, 5.41) is 11.3. The Labute approximate surface area is 296 Å². The van der Waals surface area contributed by atoms with Crippen molar-refractivity contribution < 1.29 is 24.0 Å². The van der Waals surface area contributed by atoms with Gasteiger partial charge >= 0.3 is 0 Å². The number of amides is 5. The monoisotopic (exact) mass is 696 g/mol. The van der Waals surface area contributed by atoms with Crippen LogP contribution in [0, 0.1) is 5.92 Å². The van der Waals surface area contributed by atoms with E-state index in [0.29, 0.717) is 50.0 Å². The molecule has 3 heterocycles. The summed E-state index contributed by atoms with van der Waals surface area (Å²) < 4.78 is 0.925. The lowest BCUT2D eigenvalue weighted by molar-refractivity contribution is -0.132. The average Bonchev–Trinajstić information content (AvgIpc) is 3.58. The zero-order chi connectivity index (χ0) is 35.6. The number of nitrogens with zero attached hydrogens (tertiary/aromatic N) is 2. The third-order valence-electron chi connectivity index (χ3n) is 8.61. The van der Waals surface area contributed by atoms with Crippen LogP contribution in [-0.4, -0.2) is 70.6 Å². The highest BCUT2D eigenvalue weighted by Gasteiger charge is 2.29. The topological polar surface area (TPSA) is 150 Å². The first kappa shape index (κ1) is 36.2. The molecule has 0 spiro atoms. The second-order valence-electron chi connectivity index (χ2n) is 13.1. The number of hydrogen-bond donors (Lipinski definition) is 4. The zero-order valence-corrected chi connectivity index (χ0v) is 29.4. The molecular formula is C38H44N6O5S. The molecule has 12 heteroatoms. The molecule has 0 radical (unpaired) electrons. The zero-order valence-electron chi connectivity index (χ0n) is 28.6. The van der Waals surface area contributed by atoms with E-state index in [4.69, 9.17) is 0 Å². The fourth-order valence-corrected chi connectivity index (χ4v) is 6.57. The fourth-order valence-electron chi connectivity index (χ4n) is 5.85. The van der Waals surface area contributed by atoms with Crippen molar-refractivity contribution in [1.82, 2.24) is 31.2 Å². The maximum atomic E-state index is 13.8. The highest BCUT2D eigenvalue weighted by atomic mass is 32.1. The number of benzene rings is 3. The molecule has 0 unspecified atom stereocenters. The summed E-state index contributed by atoms with van der Waals surface area (Å²) in [6, 6.07) is 19.0. The number of fused-ring (bicyclic) bond motifs is 19. The van der Waals surface area contributed by atoms with E-state index >= 15 is 0 Å². The lowest BCUT2D eigenvalue weighted by Crippen LogP contribution is -2.57. The Morgan fingerprint density at radius 1 is 0.880 bits per heavy atom. The van der Waals surface area contributed by atoms with Crippen molar-refractivity contribution >= 4 is 51.1 Å². The number of rotatable bonds is 5. The van der Waals surface area contributed by atoms with Gasteiger partial charge in [-0.05, 0) is 73.6 Å². The maximum absolute atomic E-state index is 13.8. The summed E-state index contributed by atoms with van der Waals surface area (Å²) in [7, 11) is 0. The van der Waals surface area contributed by atoms with Gasteiger partial charge in [-0.2, -0.15) is 0 Å². The molecule has 3 aromatic carbocycles. The third-order valence-corrected chi connectivity index (χ3v) is 9.40. The van der Waals surface area contributed by atoms with Crippen LogP contribution in [0.2, 0.25) is 0 Å². The van der Waals surface area contributed by atoms with Crippen molar-refractivity contribution in [2.45, 2.75) is 71.1 Å². The second kappa shape index (κ2) is 17.0. The molecular weight excluding hydrogens is 653 g/mol. The van der Waals surface area contributed by atoms with Crippen LogP contribution >= 0.6 is 11.3 Å². The molecule has 2 bridgehead atoms. The minimum absolute atomic E-state index is 0.0624. The molecule has 5 amide bonds. The van der Waals surface area contributed by atoms with Crippen molar-refractivity contribution in [2.75, 3.05) is 13.1 Å². The second-order valence-corrected chi connectivity index (χ2v) is 14.0. The highest BCUT2D eigenvalue weighted by Crippen LogP contribution is 2.21. The van der Waals surface area contributed by atoms with Gasteiger partial charge < -0.3 is 26.2 Å². The van der Waals surface area contributed by atoms with Gasteiger partial charge in [-0.15, -0.1) is 11.3 Å². The van der Waals surface area contributed by atoms with Gasteiger partial charge in [-0.1, -0.05) is 56.3 Å². The molecule has 262 valence electrons. The van der Waals surface area contributed by atoms with Crippen molar-refractivity contribution in [2.24, 2.45) is 5.92 Å². The number of aromatic nitrogens is 1. The third kappa shape index (κ3) is 9.75. The minimum atomic E-state index is -0.981. The summed E-state index contributed by atoms with van der Waals surface area (Å²) in [4.78, 5) is 73.5. The van der Waals surface area contributed by atoms with Crippen molar-refractivity contribution in [3.05, 3.63) is 101 Å². The van der Waals surface area contributed by atoms with Crippen LogP contribution in [0.3, 0.4) is 0 Å². The summed E-state index contributed by atoms with van der Waals surface area (Å²) in [5.74, 6) is -1.85. The molecule has 50 heavy (non-hydrogen) atoms. The number of nitrogens with one attached hydrogen (secondary N) is 4. The normalized spacial score (nSPS) is 20.1. The van der Waals surface area contributed by atoms with Crippen molar-refractivity contribution in [3.8, 4) is 0 Å². The Morgan fingerprint density at radius 3 is 2.36 bits per heavy atom. The lowest BCUT2D eigenvalue weighted by atomic mass is 10.0. The molecule has 2 aliphatic heterocycles. The summed E-state index contributed by atoms with van der Waals surface area (Å²) in [6.45, 7) is 6.60. The van der Waals surface area contributed by atoms with Crippen LogP contribution < -0.4 is 21.3 Å².